The second kappa shape index (κ2) is 4.96. The maximum atomic E-state index is 12.1. The molecule has 0 aliphatic heterocycles. The van der Waals surface area contributed by atoms with Gasteiger partial charge in [0.05, 0.1) is 11.9 Å². The highest BCUT2D eigenvalue weighted by Crippen LogP contribution is 2.12. The normalized spacial score (nSPS) is 10.6. The number of aromatic amines is 1. The lowest BCUT2D eigenvalue weighted by Gasteiger charge is -2.05. The fourth-order valence-corrected chi connectivity index (χ4v) is 1.87. The van der Waals surface area contributed by atoms with E-state index in [1.807, 2.05) is 0 Å². The minimum absolute atomic E-state index is 0.170. The van der Waals surface area contributed by atoms with Crippen molar-refractivity contribution in [1.29, 1.82) is 0 Å². The summed E-state index contributed by atoms with van der Waals surface area (Å²) in [6.07, 6.45) is 1.43. The number of H-pyrrole nitrogens is 1. The van der Waals surface area contributed by atoms with Crippen LogP contribution in [0.3, 0.4) is 0 Å². The standard InChI is InChI=1S/C13H10N4O3/c18-12-10-4-2-1-3-9(10)11(15-16-12)13(19)14-7-8-5-6-20-17-8/h1-6H,7H2,(H,14,19)(H,16,18). The number of fused-ring (bicyclic) bond motifs is 1. The van der Waals surface area contributed by atoms with E-state index in [4.69, 9.17) is 0 Å². The Kier molecular flexibility index (Phi) is 3.00. The highest BCUT2D eigenvalue weighted by Gasteiger charge is 2.13. The number of benzene rings is 1. The molecule has 0 saturated heterocycles. The van der Waals surface area contributed by atoms with Crippen LogP contribution in [0.5, 0.6) is 0 Å². The van der Waals surface area contributed by atoms with Crippen LogP contribution < -0.4 is 10.9 Å². The summed E-state index contributed by atoms with van der Waals surface area (Å²) in [7, 11) is 0. The number of amides is 1. The third-order valence-electron chi connectivity index (χ3n) is 2.83. The van der Waals surface area contributed by atoms with Gasteiger partial charge in [0.2, 0.25) is 0 Å². The third-order valence-corrected chi connectivity index (χ3v) is 2.83. The van der Waals surface area contributed by atoms with Crippen LogP contribution in [0.15, 0.2) is 45.9 Å². The van der Waals surface area contributed by atoms with Crippen molar-refractivity contribution in [3.05, 3.63) is 58.3 Å². The summed E-state index contributed by atoms with van der Waals surface area (Å²) < 4.78 is 4.67. The fourth-order valence-electron chi connectivity index (χ4n) is 1.87. The number of hydrogen-bond acceptors (Lipinski definition) is 5. The summed E-state index contributed by atoms with van der Waals surface area (Å²) >= 11 is 0. The Balaban J connectivity index is 1.92. The summed E-state index contributed by atoms with van der Waals surface area (Å²) in [6.45, 7) is 0.227. The molecule has 2 aromatic heterocycles. The van der Waals surface area contributed by atoms with Crippen molar-refractivity contribution in [2.45, 2.75) is 6.54 Å². The highest BCUT2D eigenvalue weighted by atomic mass is 16.5. The summed E-state index contributed by atoms with van der Waals surface area (Å²) in [6, 6.07) is 8.46. The van der Waals surface area contributed by atoms with Crippen LogP contribution in [0.25, 0.3) is 10.8 Å². The van der Waals surface area contributed by atoms with Crippen molar-refractivity contribution in [3.63, 3.8) is 0 Å². The zero-order chi connectivity index (χ0) is 13.9. The molecular weight excluding hydrogens is 260 g/mol. The van der Waals surface area contributed by atoms with Crippen molar-refractivity contribution in [1.82, 2.24) is 20.7 Å². The number of aromatic nitrogens is 3. The molecule has 7 nitrogen and oxygen atoms in total. The Bertz CT molecular complexity index is 808. The molecule has 100 valence electrons. The van der Waals surface area contributed by atoms with E-state index >= 15 is 0 Å². The number of hydrogen-bond donors (Lipinski definition) is 2. The average molecular weight is 270 g/mol. The number of nitrogens with zero attached hydrogens (tertiary/aromatic N) is 2. The molecule has 3 rings (SSSR count). The number of rotatable bonds is 3. The van der Waals surface area contributed by atoms with Crippen molar-refractivity contribution < 1.29 is 9.32 Å². The van der Waals surface area contributed by atoms with E-state index in [1.54, 1.807) is 30.3 Å². The van der Waals surface area contributed by atoms with E-state index in [1.165, 1.54) is 6.26 Å². The number of nitrogens with one attached hydrogen (secondary N) is 2. The van der Waals surface area contributed by atoms with Gasteiger partial charge in [0.1, 0.15) is 12.0 Å². The Morgan fingerprint density at radius 2 is 2.05 bits per heavy atom. The highest BCUT2D eigenvalue weighted by molar-refractivity contribution is 6.04. The van der Waals surface area contributed by atoms with E-state index in [2.05, 4.69) is 25.2 Å². The van der Waals surface area contributed by atoms with Crippen LogP contribution in [0.4, 0.5) is 0 Å². The molecule has 0 fully saturated rings. The fraction of sp³-hybridized carbons (Fsp3) is 0.0769. The Hall–Kier alpha value is -2.96. The smallest absolute Gasteiger partial charge is 0.272 e. The monoisotopic (exact) mass is 270 g/mol. The van der Waals surface area contributed by atoms with Gasteiger partial charge in [0.25, 0.3) is 11.5 Å². The average Bonchev–Trinajstić information content (AvgIpc) is 2.99. The molecule has 7 heteroatoms. The van der Waals surface area contributed by atoms with Gasteiger partial charge in [0.15, 0.2) is 5.69 Å². The predicted octanol–water partition coefficient (Wildman–Crippen LogP) is 0.841. The Labute approximate surface area is 112 Å². The zero-order valence-corrected chi connectivity index (χ0v) is 10.3. The SMILES string of the molecule is O=C(NCc1ccon1)c1n[nH]c(=O)c2ccccc12. The van der Waals surface area contributed by atoms with Gasteiger partial charge in [-0.1, -0.05) is 23.4 Å². The number of carbonyl (C=O) groups is 1. The van der Waals surface area contributed by atoms with Crippen LogP contribution in [0.1, 0.15) is 16.2 Å². The quantitative estimate of drug-likeness (QED) is 0.734. The van der Waals surface area contributed by atoms with E-state index in [9.17, 15) is 9.59 Å². The number of carbonyl (C=O) groups excluding carboxylic acids is 1. The van der Waals surface area contributed by atoms with E-state index in [0.717, 1.165) is 0 Å². The molecule has 0 aliphatic carbocycles. The molecule has 2 N–H and O–H groups in total. The molecular formula is C13H10N4O3. The van der Waals surface area contributed by atoms with Crippen LogP contribution in [-0.2, 0) is 6.54 Å². The molecule has 0 unspecified atom stereocenters. The molecule has 2 heterocycles. The van der Waals surface area contributed by atoms with Gasteiger partial charge < -0.3 is 9.84 Å². The largest absolute Gasteiger partial charge is 0.364 e. The molecule has 1 amide bonds. The maximum Gasteiger partial charge on any atom is 0.272 e. The molecule has 0 aliphatic rings. The lowest BCUT2D eigenvalue weighted by atomic mass is 10.1. The molecule has 20 heavy (non-hydrogen) atoms. The Morgan fingerprint density at radius 3 is 2.80 bits per heavy atom. The van der Waals surface area contributed by atoms with Crippen molar-refractivity contribution in [3.8, 4) is 0 Å². The van der Waals surface area contributed by atoms with Crippen molar-refractivity contribution in [2.75, 3.05) is 0 Å². The molecule has 0 atom stereocenters. The predicted molar refractivity (Wildman–Crippen MR) is 70.0 cm³/mol. The second-order valence-corrected chi connectivity index (χ2v) is 4.12. The summed E-state index contributed by atoms with van der Waals surface area (Å²) in [5, 5.41) is 13.4. The van der Waals surface area contributed by atoms with Crippen LogP contribution in [0, 0.1) is 0 Å². The van der Waals surface area contributed by atoms with Gasteiger partial charge in [-0.25, -0.2) is 5.10 Å². The zero-order valence-electron chi connectivity index (χ0n) is 10.3. The van der Waals surface area contributed by atoms with Crippen molar-refractivity contribution >= 4 is 16.7 Å². The summed E-state index contributed by atoms with van der Waals surface area (Å²) in [4.78, 5) is 23.7. The van der Waals surface area contributed by atoms with Gasteiger partial charge in [-0.3, -0.25) is 9.59 Å². The minimum atomic E-state index is -0.388. The first-order valence-corrected chi connectivity index (χ1v) is 5.90. The van der Waals surface area contributed by atoms with Gasteiger partial charge >= 0.3 is 0 Å². The molecule has 0 spiro atoms. The third kappa shape index (κ3) is 2.16. The first-order valence-electron chi connectivity index (χ1n) is 5.90. The van der Waals surface area contributed by atoms with Crippen LogP contribution >= 0.6 is 0 Å². The second-order valence-electron chi connectivity index (χ2n) is 4.12. The van der Waals surface area contributed by atoms with E-state index in [-0.39, 0.29) is 23.7 Å². The first kappa shape index (κ1) is 12.1. The van der Waals surface area contributed by atoms with Crippen molar-refractivity contribution in [2.24, 2.45) is 0 Å². The maximum absolute atomic E-state index is 12.1. The minimum Gasteiger partial charge on any atom is -0.364 e. The lowest BCUT2D eigenvalue weighted by molar-refractivity contribution is 0.0946. The molecule has 3 aromatic rings. The van der Waals surface area contributed by atoms with E-state index in [0.29, 0.717) is 16.5 Å². The molecule has 0 radical (unpaired) electrons. The molecule has 0 saturated carbocycles. The van der Waals surface area contributed by atoms with Crippen LogP contribution in [0.2, 0.25) is 0 Å². The molecule has 0 bridgehead atoms. The summed E-state index contributed by atoms with van der Waals surface area (Å²) in [5.74, 6) is -0.388. The topological polar surface area (TPSA) is 101 Å². The van der Waals surface area contributed by atoms with Gasteiger partial charge in [-0.15, -0.1) is 0 Å². The lowest BCUT2D eigenvalue weighted by Crippen LogP contribution is -2.26. The van der Waals surface area contributed by atoms with E-state index < -0.39 is 0 Å². The summed E-state index contributed by atoms with van der Waals surface area (Å²) in [5.41, 5.74) is 0.449. The van der Waals surface area contributed by atoms with Gasteiger partial charge in [-0.05, 0) is 6.07 Å². The van der Waals surface area contributed by atoms with Crippen LogP contribution in [-0.4, -0.2) is 21.3 Å². The first-order chi connectivity index (χ1) is 9.75. The van der Waals surface area contributed by atoms with Gasteiger partial charge in [-0.2, -0.15) is 5.10 Å². The van der Waals surface area contributed by atoms with Gasteiger partial charge in [0, 0.05) is 11.5 Å². The molecule has 1 aromatic carbocycles. The Morgan fingerprint density at radius 1 is 1.25 bits per heavy atom.